The number of hydrogen-bond donors (Lipinski definition) is 0. The maximum absolute atomic E-state index is 12.4. The molecule has 0 spiro atoms. The molecule has 0 aromatic heterocycles. The van der Waals surface area contributed by atoms with Gasteiger partial charge in [0.25, 0.3) is 0 Å². The van der Waals surface area contributed by atoms with Crippen molar-refractivity contribution in [3.05, 3.63) is 48.8 Å². The van der Waals surface area contributed by atoms with E-state index in [0.717, 1.165) is 0 Å². The van der Waals surface area contributed by atoms with Gasteiger partial charge in [-0.15, -0.1) is 6.58 Å². The molecule has 0 radical (unpaired) electrons. The van der Waals surface area contributed by atoms with Crippen LogP contribution in [0.2, 0.25) is 0 Å². The zero-order valence-electron chi connectivity index (χ0n) is 13.4. The van der Waals surface area contributed by atoms with E-state index in [1.54, 1.807) is 44.6 Å². The predicted molar refractivity (Wildman–Crippen MR) is 84.2 cm³/mol. The molecule has 1 rings (SSSR count). The Hall–Kier alpha value is -2.43. The zero-order valence-corrected chi connectivity index (χ0v) is 13.4. The first kappa shape index (κ1) is 17.6. The van der Waals surface area contributed by atoms with E-state index in [4.69, 9.17) is 18.9 Å². The molecule has 0 fully saturated rings. The van der Waals surface area contributed by atoms with Crippen LogP contribution in [0, 0.1) is 0 Å². The molecule has 0 N–H and O–H groups in total. The van der Waals surface area contributed by atoms with E-state index < -0.39 is 11.4 Å². The Labute approximate surface area is 131 Å². The fourth-order valence-corrected chi connectivity index (χ4v) is 2.26. The number of rotatable bonds is 8. The van der Waals surface area contributed by atoms with Gasteiger partial charge in [-0.1, -0.05) is 12.1 Å². The molecule has 0 saturated heterocycles. The average Bonchev–Trinajstić information content (AvgIpc) is 2.57. The summed E-state index contributed by atoms with van der Waals surface area (Å²) in [6, 6.07) is 5.29. The molecule has 120 valence electrons. The number of allylic oxidation sites excluding steroid dienone is 1. The summed E-state index contributed by atoms with van der Waals surface area (Å²) < 4.78 is 20.5. The third-order valence-corrected chi connectivity index (χ3v) is 3.40. The van der Waals surface area contributed by atoms with Crippen molar-refractivity contribution in [2.45, 2.75) is 11.8 Å². The SMILES string of the molecule is C=CC[C@@](/C=C/OC)(C(=O)OC)c1ccc(OC)c(OC)c1. The lowest BCUT2D eigenvalue weighted by Gasteiger charge is -2.27. The molecule has 1 aromatic carbocycles. The van der Waals surface area contributed by atoms with Crippen molar-refractivity contribution in [2.75, 3.05) is 28.4 Å². The summed E-state index contributed by atoms with van der Waals surface area (Å²) >= 11 is 0. The first-order chi connectivity index (χ1) is 10.6. The molecule has 1 atom stereocenters. The fraction of sp³-hybridized carbons (Fsp3) is 0.353. The number of benzene rings is 1. The molecule has 1 aromatic rings. The van der Waals surface area contributed by atoms with E-state index in [1.165, 1.54) is 20.5 Å². The van der Waals surface area contributed by atoms with Crippen molar-refractivity contribution in [2.24, 2.45) is 0 Å². The number of hydrogen-bond acceptors (Lipinski definition) is 5. The highest BCUT2D eigenvalue weighted by Gasteiger charge is 2.38. The summed E-state index contributed by atoms with van der Waals surface area (Å²) in [4.78, 5) is 12.4. The van der Waals surface area contributed by atoms with Gasteiger partial charge in [0, 0.05) is 0 Å². The molecule has 0 aliphatic rings. The Bertz CT molecular complexity index is 550. The maximum Gasteiger partial charge on any atom is 0.320 e. The summed E-state index contributed by atoms with van der Waals surface area (Å²) in [7, 11) is 5.96. The second-order valence-corrected chi connectivity index (χ2v) is 4.56. The van der Waals surface area contributed by atoms with E-state index in [1.807, 2.05) is 0 Å². The van der Waals surface area contributed by atoms with Gasteiger partial charge in [-0.05, 0) is 30.2 Å². The first-order valence-electron chi connectivity index (χ1n) is 6.72. The number of methoxy groups -OCH3 is 4. The van der Waals surface area contributed by atoms with Crippen molar-refractivity contribution < 1.29 is 23.7 Å². The number of esters is 1. The van der Waals surface area contributed by atoms with Crippen LogP contribution < -0.4 is 9.47 Å². The van der Waals surface area contributed by atoms with Gasteiger partial charge in [-0.25, -0.2) is 0 Å². The van der Waals surface area contributed by atoms with Crippen molar-refractivity contribution >= 4 is 5.97 Å². The number of carbonyl (C=O) groups excluding carboxylic acids is 1. The monoisotopic (exact) mass is 306 g/mol. The molecule has 5 nitrogen and oxygen atoms in total. The van der Waals surface area contributed by atoms with Crippen LogP contribution in [0.15, 0.2) is 43.2 Å². The van der Waals surface area contributed by atoms with Crippen LogP contribution in [0.5, 0.6) is 11.5 Å². The molecular formula is C17H22O5. The molecule has 0 saturated carbocycles. The lowest BCUT2D eigenvalue weighted by Crippen LogP contribution is -2.34. The number of carbonyl (C=O) groups is 1. The second kappa shape index (κ2) is 8.12. The lowest BCUT2D eigenvalue weighted by molar-refractivity contribution is -0.145. The average molecular weight is 306 g/mol. The van der Waals surface area contributed by atoms with Crippen molar-refractivity contribution in [1.29, 1.82) is 0 Å². The third-order valence-electron chi connectivity index (χ3n) is 3.40. The summed E-state index contributed by atoms with van der Waals surface area (Å²) in [5.74, 6) is 0.704. The van der Waals surface area contributed by atoms with Crippen LogP contribution in [0.25, 0.3) is 0 Å². The molecule has 0 aliphatic carbocycles. The summed E-state index contributed by atoms with van der Waals surface area (Å²) in [6.45, 7) is 3.73. The molecule has 0 heterocycles. The van der Waals surface area contributed by atoms with Crippen LogP contribution in [-0.4, -0.2) is 34.4 Å². The third kappa shape index (κ3) is 3.42. The Morgan fingerprint density at radius 2 is 1.86 bits per heavy atom. The maximum atomic E-state index is 12.4. The fourth-order valence-electron chi connectivity index (χ4n) is 2.26. The van der Waals surface area contributed by atoms with Gasteiger partial charge in [0.2, 0.25) is 0 Å². The molecule has 0 unspecified atom stereocenters. The van der Waals surface area contributed by atoms with Crippen molar-refractivity contribution in [3.8, 4) is 11.5 Å². The summed E-state index contributed by atoms with van der Waals surface area (Å²) in [6.07, 6.45) is 5.13. The standard InChI is InChI=1S/C17H22O5/c1-6-9-17(10-11-19-2,16(18)22-5)13-7-8-14(20-3)15(12-13)21-4/h6-8,10-12H,1,9H2,2-5H3/b11-10+/t17-/m0/s1. The Balaban J connectivity index is 3.51. The van der Waals surface area contributed by atoms with E-state index in [2.05, 4.69) is 6.58 Å². The topological polar surface area (TPSA) is 54.0 Å². The molecular weight excluding hydrogens is 284 g/mol. The summed E-state index contributed by atoms with van der Waals surface area (Å²) in [5, 5.41) is 0. The summed E-state index contributed by atoms with van der Waals surface area (Å²) in [5.41, 5.74) is -0.336. The Morgan fingerprint density at radius 3 is 2.36 bits per heavy atom. The van der Waals surface area contributed by atoms with Gasteiger partial charge in [0.05, 0.1) is 34.7 Å². The van der Waals surface area contributed by atoms with Crippen molar-refractivity contribution in [1.82, 2.24) is 0 Å². The molecule has 5 heteroatoms. The van der Waals surface area contributed by atoms with Gasteiger partial charge < -0.3 is 18.9 Å². The van der Waals surface area contributed by atoms with Crippen LogP contribution in [0.1, 0.15) is 12.0 Å². The predicted octanol–water partition coefficient (Wildman–Crippen LogP) is 2.85. The molecule has 0 aliphatic heterocycles. The van der Waals surface area contributed by atoms with Gasteiger partial charge in [-0.3, -0.25) is 4.79 Å². The zero-order chi connectivity index (χ0) is 16.6. The van der Waals surface area contributed by atoms with Crippen LogP contribution in [-0.2, 0) is 19.7 Å². The highest BCUT2D eigenvalue weighted by atomic mass is 16.5. The van der Waals surface area contributed by atoms with Crippen LogP contribution in [0.3, 0.4) is 0 Å². The lowest BCUT2D eigenvalue weighted by atomic mass is 9.77. The minimum Gasteiger partial charge on any atom is -0.505 e. The van der Waals surface area contributed by atoms with Gasteiger partial charge in [-0.2, -0.15) is 0 Å². The van der Waals surface area contributed by atoms with E-state index in [0.29, 0.717) is 23.5 Å². The Morgan fingerprint density at radius 1 is 1.18 bits per heavy atom. The number of ether oxygens (including phenoxy) is 4. The van der Waals surface area contributed by atoms with Gasteiger partial charge in [0.15, 0.2) is 11.5 Å². The van der Waals surface area contributed by atoms with Gasteiger partial charge >= 0.3 is 5.97 Å². The normalized spacial score (nSPS) is 13.3. The van der Waals surface area contributed by atoms with E-state index >= 15 is 0 Å². The molecule has 0 bridgehead atoms. The Kier molecular flexibility index (Phi) is 6.50. The van der Waals surface area contributed by atoms with Crippen LogP contribution in [0.4, 0.5) is 0 Å². The highest BCUT2D eigenvalue weighted by Crippen LogP contribution is 2.37. The molecule has 22 heavy (non-hydrogen) atoms. The minimum atomic E-state index is -1.04. The first-order valence-corrected chi connectivity index (χ1v) is 6.72. The highest BCUT2D eigenvalue weighted by molar-refractivity contribution is 5.86. The van der Waals surface area contributed by atoms with E-state index in [-0.39, 0.29) is 0 Å². The largest absolute Gasteiger partial charge is 0.505 e. The second-order valence-electron chi connectivity index (χ2n) is 4.56. The van der Waals surface area contributed by atoms with E-state index in [9.17, 15) is 4.79 Å². The molecule has 0 amide bonds. The van der Waals surface area contributed by atoms with Crippen LogP contribution >= 0.6 is 0 Å². The minimum absolute atomic E-state index is 0.356. The van der Waals surface area contributed by atoms with Gasteiger partial charge in [0.1, 0.15) is 5.41 Å². The van der Waals surface area contributed by atoms with Crippen molar-refractivity contribution in [3.63, 3.8) is 0 Å². The smallest absolute Gasteiger partial charge is 0.320 e. The quantitative estimate of drug-likeness (QED) is 0.420.